The Morgan fingerprint density at radius 3 is 2.53 bits per heavy atom. The van der Waals surface area contributed by atoms with Gasteiger partial charge < -0.3 is 5.11 Å². The van der Waals surface area contributed by atoms with E-state index >= 15 is 0 Å². The molecule has 1 nitrogen and oxygen atoms in total. The van der Waals surface area contributed by atoms with Gasteiger partial charge in [0.15, 0.2) is 0 Å². The summed E-state index contributed by atoms with van der Waals surface area (Å²) in [5.41, 5.74) is 0.604. The Hall–Kier alpha value is -0.890. The van der Waals surface area contributed by atoms with E-state index in [4.69, 9.17) is 0 Å². The van der Waals surface area contributed by atoms with Gasteiger partial charge in [-0.1, -0.05) is 44.4 Å². The lowest BCUT2D eigenvalue weighted by Gasteiger charge is -2.38. The summed E-state index contributed by atoms with van der Waals surface area (Å²) < 4.78 is 13.5. The third-order valence-corrected chi connectivity index (χ3v) is 4.17. The summed E-state index contributed by atoms with van der Waals surface area (Å²) in [7, 11) is 0. The predicted molar refractivity (Wildman–Crippen MR) is 67.3 cm³/mol. The van der Waals surface area contributed by atoms with Crippen molar-refractivity contribution < 1.29 is 9.50 Å². The lowest BCUT2D eigenvalue weighted by Crippen LogP contribution is -2.36. The lowest BCUT2D eigenvalue weighted by atomic mass is 9.70. The maximum absolute atomic E-state index is 13.5. The van der Waals surface area contributed by atoms with Crippen LogP contribution in [0.25, 0.3) is 0 Å². The maximum atomic E-state index is 13.5. The zero-order chi connectivity index (χ0) is 12.3. The van der Waals surface area contributed by atoms with Crippen LogP contribution in [0.15, 0.2) is 24.3 Å². The first-order valence-corrected chi connectivity index (χ1v) is 6.53. The van der Waals surface area contributed by atoms with Crippen LogP contribution in [0, 0.1) is 11.2 Å². The van der Waals surface area contributed by atoms with Crippen LogP contribution in [-0.4, -0.2) is 11.2 Å². The van der Waals surface area contributed by atoms with E-state index in [1.807, 2.05) is 6.07 Å². The third kappa shape index (κ3) is 2.86. The second-order valence-corrected chi connectivity index (χ2v) is 5.53. The molecule has 1 atom stereocenters. The number of aliphatic hydroxyl groups is 1. The largest absolute Gasteiger partial charge is 0.392 e. The van der Waals surface area contributed by atoms with Gasteiger partial charge in [-0.25, -0.2) is 4.39 Å². The Balaban J connectivity index is 2.05. The minimum atomic E-state index is -0.431. The van der Waals surface area contributed by atoms with Crippen molar-refractivity contribution in [3.63, 3.8) is 0 Å². The Kier molecular flexibility index (Phi) is 3.82. The minimum absolute atomic E-state index is 0.0273. The Bertz CT molecular complexity index is 369. The molecule has 0 aliphatic heterocycles. The minimum Gasteiger partial charge on any atom is -0.392 e. The summed E-state index contributed by atoms with van der Waals surface area (Å²) in [6, 6.07) is 6.75. The molecule has 17 heavy (non-hydrogen) atoms. The molecule has 1 N–H and O–H groups in total. The van der Waals surface area contributed by atoms with Gasteiger partial charge in [-0.05, 0) is 29.9 Å². The van der Waals surface area contributed by atoms with E-state index in [0.29, 0.717) is 12.0 Å². The zero-order valence-corrected chi connectivity index (χ0v) is 10.5. The Morgan fingerprint density at radius 1 is 1.24 bits per heavy atom. The standard InChI is InChI=1S/C15H21FO/c1-15(9-5-2-6-10-15)14(17)11-12-7-3-4-8-13(12)16/h3-4,7-8,14,17H,2,5-6,9-11H2,1H3. The first kappa shape index (κ1) is 12.6. The highest BCUT2D eigenvalue weighted by molar-refractivity contribution is 5.18. The van der Waals surface area contributed by atoms with Crippen molar-refractivity contribution in [1.82, 2.24) is 0 Å². The van der Waals surface area contributed by atoms with E-state index in [-0.39, 0.29) is 11.2 Å². The molecule has 2 rings (SSSR count). The monoisotopic (exact) mass is 236 g/mol. The van der Waals surface area contributed by atoms with Gasteiger partial charge in [0.2, 0.25) is 0 Å². The van der Waals surface area contributed by atoms with Crippen molar-refractivity contribution in [3.05, 3.63) is 35.6 Å². The van der Waals surface area contributed by atoms with Gasteiger partial charge in [0.25, 0.3) is 0 Å². The van der Waals surface area contributed by atoms with Gasteiger partial charge in [0.05, 0.1) is 6.10 Å². The second-order valence-electron chi connectivity index (χ2n) is 5.53. The van der Waals surface area contributed by atoms with Crippen LogP contribution in [0.2, 0.25) is 0 Å². The predicted octanol–water partition coefficient (Wildman–Crippen LogP) is 3.70. The highest BCUT2D eigenvalue weighted by Crippen LogP contribution is 2.39. The van der Waals surface area contributed by atoms with Gasteiger partial charge in [-0.3, -0.25) is 0 Å². The summed E-state index contributed by atoms with van der Waals surface area (Å²) in [6.07, 6.45) is 5.76. The van der Waals surface area contributed by atoms with E-state index < -0.39 is 6.10 Å². The number of halogens is 1. The first-order valence-electron chi connectivity index (χ1n) is 6.53. The Morgan fingerprint density at radius 2 is 1.88 bits per heavy atom. The second kappa shape index (κ2) is 5.18. The van der Waals surface area contributed by atoms with Crippen LogP contribution >= 0.6 is 0 Å². The van der Waals surface area contributed by atoms with Crippen LogP contribution in [-0.2, 0) is 6.42 Å². The van der Waals surface area contributed by atoms with Gasteiger partial charge in [0.1, 0.15) is 5.82 Å². The molecular formula is C15H21FO. The fourth-order valence-corrected chi connectivity index (χ4v) is 2.81. The average Bonchev–Trinajstić information content (AvgIpc) is 2.33. The van der Waals surface area contributed by atoms with E-state index in [2.05, 4.69) is 6.92 Å². The highest BCUT2D eigenvalue weighted by atomic mass is 19.1. The molecule has 0 amide bonds. The van der Waals surface area contributed by atoms with Crippen molar-refractivity contribution in [2.24, 2.45) is 5.41 Å². The van der Waals surface area contributed by atoms with Crippen LogP contribution in [0.3, 0.4) is 0 Å². The smallest absolute Gasteiger partial charge is 0.126 e. The number of rotatable bonds is 3. The SMILES string of the molecule is CC1(C(O)Cc2ccccc2F)CCCCC1. The maximum Gasteiger partial charge on any atom is 0.126 e. The first-order chi connectivity index (χ1) is 8.12. The number of hydrogen-bond donors (Lipinski definition) is 1. The zero-order valence-electron chi connectivity index (χ0n) is 10.5. The topological polar surface area (TPSA) is 20.2 Å². The van der Waals surface area contributed by atoms with Crippen LogP contribution < -0.4 is 0 Å². The summed E-state index contributed by atoms with van der Waals surface area (Å²) in [4.78, 5) is 0. The summed E-state index contributed by atoms with van der Waals surface area (Å²) in [5, 5.41) is 10.3. The van der Waals surface area contributed by atoms with Crippen molar-refractivity contribution in [3.8, 4) is 0 Å². The molecule has 0 saturated heterocycles. The number of benzene rings is 1. The van der Waals surface area contributed by atoms with Crippen LogP contribution in [0.4, 0.5) is 4.39 Å². The van der Waals surface area contributed by atoms with Gasteiger partial charge >= 0.3 is 0 Å². The molecule has 1 aromatic carbocycles. The molecule has 0 heterocycles. The molecule has 1 saturated carbocycles. The van der Waals surface area contributed by atoms with Crippen molar-refractivity contribution >= 4 is 0 Å². The molecule has 0 bridgehead atoms. The fourth-order valence-electron chi connectivity index (χ4n) is 2.81. The van der Waals surface area contributed by atoms with E-state index in [9.17, 15) is 9.50 Å². The molecule has 0 spiro atoms. The molecule has 0 aromatic heterocycles. The summed E-state index contributed by atoms with van der Waals surface area (Å²) in [6.45, 7) is 2.14. The van der Waals surface area contributed by atoms with Gasteiger partial charge in [0, 0.05) is 6.42 Å². The molecule has 1 fully saturated rings. The molecular weight excluding hydrogens is 215 g/mol. The van der Waals surface area contributed by atoms with E-state index in [0.717, 1.165) is 12.8 Å². The molecule has 2 heteroatoms. The average molecular weight is 236 g/mol. The molecule has 1 aliphatic rings. The van der Waals surface area contributed by atoms with Crippen LogP contribution in [0.5, 0.6) is 0 Å². The Labute approximate surface area is 103 Å². The molecule has 0 radical (unpaired) electrons. The van der Waals surface area contributed by atoms with E-state index in [1.165, 1.54) is 25.3 Å². The molecule has 1 unspecified atom stereocenters. The quantitative estimate of drug-likeness (QED) is 0.848. The van der Waals surface area contributed by atoms with Crippen molar-refractivity contribution in [2.75, 3.05) is 0 Å². The van der Waals surface area contributed by atoms with Gasteiger partial charge in [-0.2, -0.15) is 0 Å². The molecule has 1 aliphatic carbocycles. The normalized spacial score (nSPS) is 21.1. The summed E-state index contributed by atoms with van der Waals surface area (Å²) in [5.74, 6) is -0.203. The number of aliphatic hydroxyl groups excluding tert-OH is 1. The third-order valence-electron chi connectivity index (χ3n) is 4.17. The highest BCUT2D eigenvalue weighted by Gasteiger charge is 2.34. The lowest BCUT2D eigenvalue weighted by molar-refractivity contribution is 0.00989. The summed E-state index contributed by atoms with van der Waals surface area (Å²) >= 11 is 0. The fraction of sp³-hybridized carbons (Fsp3) is 0.600. The number of hydrogen-bond acceptors (Lipinski definition) is 1. The molecule has 1 aromatic rings. The van der Waals surface area contributed by atoms with E-state index in [1.54, 1.807) is 12.1 Å². The van der Waals surface area contributed by atoms with Crippen molar-refractivity contribution in [1.29, 1.82) is 0 Å². The molecule has 94 valence electrons. The van der Waals surface area contributed by atoms with Crippen LogP contribution in [0.1, 0.15) is 44.6 Å². The van der Waals surface area contributed by atoms with Crippen molar-refractivity contribution in [2.45, 2.75) is 51.6 Å². The van der Waals surface area contributed by atoms with Gasteiger partial charge in [-0.15, -0.1) is 0 Å².